The Kier molecular flexibility index (Phi) is 4.06. The number of nitrogens with one attached hydrogen (secondary N) is 1. The van der Waals surface area contributed by atoms with E-state index < -0.39 is 0 Å². The van der Waals surface area contributed by atoms with Crippen LogP contribution in [0.1, 0.15) is 40.6 Å². The maximum absolute atomic E-state index is 12.2. The van der Waals surface area contributed by atoms with Crippen LogP contribution >= 0.6 is 11.3 Å². The van der Waals surface area contributed by atoms with Crippen LogP contribution in [-0.4, -0.2) is 33.7 Å². The molecule has 0 saturated heterocycles. The lowest BCUT2D eigenvalue weighted by atomic mass is 10.2. The van der Waals surface area contributed by atoms with E-state index in [0.717, 1.165) is 41.6 Å². The highest BCUT2D eigenvalue weighted by Crippen LogP contribution is 2.35. The lowest BCUT2D eigenvalue weighted by Crippen LogP contribution is -2.30. The van der Waals surface area contributed by atoms with Gasteiger partial charge in [0.25, 0.3) is 5.91 Å². The van der Waals surface area contributed by atoms with E-state index in [1.165, 1.54) is 11.3 Å². The van der Waals surface area contributed by atoms with Crippen LogP contribution in [0.4, 0.5) is 11.6 Å². The molecule has 3 rings (SSSR count). The van der Waals surface area contributed by atoms with Crippen molar-refractivity contribution in [1.82, 2.24) is 20.5 Å². The van der Waals surface area contributed by atoms with Gasteiger partial charge in [-0.15, -0.1) is 16.4 Å². The lowest BCUT2D eigenvalue weighted by molar-refractivity contribution is 0.0943. The number of rotatable bonds is 3. The maximum atomic E-state index is 12.2. The third-order valence-electron chi connectivity index (χ3n) is 3.39. The summed E-state index contributed by atoms with van der Waals surface area (Å²) in [6.45, 7) is 6.65. The smallest absolute Gasteiger partial charge is 0.280 e. The average Bonchev–Trinajstić information content (AvgIpc) is 2.91. The van der Waals surface area contributed by atoms with Gasteiger partial charge in [-0.2, -0.15) is 5.10 Å². The van der Waals surface area contributed by atoms with E-state index in [-0.39, 0.29) is 11.9 Å². The zero-order chi connectivity index (χ0) is 15.7. The molecule has 1 aliphatic rings. The highest BCUT2D eigenvalue weighted by molar-refractivity contribution is 7.14. The zero-order valence-electron chi connectivity index (χ0n) is 13.0. The fraction of sp³-hybridized carbons (Fsp3) is 0.467. The summed E-state index contributed by atoms with van der Waals surface area (Å²) >= 11 is 1.47. The minimum Gasteiger partial charge on any atom is -0.348 e. The Balaban J connectivity index is 1.91. The highest BCUT2D eigenvalue weighted by atomic mass is 32.1. The molecular weight excluding hydrogens is 298 g/mol. The van der Waals surface area contributed by atoms with E-state index >= 15 is 0 Å². The van der Waals surface area contributed by atoms with E-state index in [4.69, 9.17) is 0 Å². The molecule has 0 radical (unpaired) electrons. The minimum atomic E-state index is -0.107. The largest absolute Gasteiger partial charge is 0.348 e. The van der Waals surface area contributed by atoms with Gasteiger partial charge in [0, 0.05) is 17.5 Å². The predicted octanol–water partition coefficient (Wildman–Crippen LogP) is 2.46. The van der Waals surface area contributed by atoms with Gasteiger partial charge in [-0.25, -0.2) is 4.98 Å². The maximum Gasteiger partial charge on any atom is 0.280 e. The number of nitrogens with zero attached hydrogens (tertiary/aromatic N) is 4. The first-order chi connectivity index (χ1) is 10.5. The van der Waals surface area contributed by atoms with Crippen molar-refractivity contribution < 1.29 is 4.79 Å². The van der Waals surface area contributed by atoms with Gasteiger partial charge in [0.2, 0.25) is 0 Å². The fourth-order valence-corrected chi connectivity index (χ4v) is 3.41. The van der Waals surface area contributed by atoms with Gasteiger partial charge < -0.3 is 10.2 Å². The molecule has 2 aromatic heterocycles. The van der Waals surface area contributed by atoms with Crippen molar-refractivity contribution >= 4 is 28.9 Å². The summed E-state index contributed by atoms with van der Waals surface area (Å²) < 4.78 is 0. The molecule has 0 saturated carbocycles. The van der Waals surface area contributed by atoms with Crippen molar-refractivity contribution in [3.05, 3.63) is 27.7 Å². The van der Waals surface area contributed by atoms with Gasteiger partial charge in [0.15, 0.2) is 10.8 Å². The minimum absolute atomic E-state index is 0.104. The van der Waals surface area contributed by atoms with Crippen LogP contribution in [0.25, 0.3) is 0 Å². The number of aryl methyl sites for hydroxylation is 2. The number of thiazole rings is 1. The molecule has 0 aliphatic carbocycles. The Morgan fingerprint density at radius 3 is 2.86 bits per heavy atom. The predicted molar refractivity (Wildman–Crippen MR) is 86.8 cm³/mol. The van der Waals surface area contributed by atoms with E-state index in [2.05, 4.69) is 20.5 Å². The van der Waals surface area contributed by atoms with Crippen molar-refractivity contribution in [2.75, 3.05) is 11.4 Å². The first-order valence-electron chi connectivity index (χ1n) is 7.43. The molecule has 6 nitrogen and oxygen atoms in total. The standard InChI is InChI=1S/C15H19N5OS/c1-9(2)16-14(21)15-17-13-11(22-15)5-4-8-20(13)12-7-6-10(3)18-19-12/h6-7,9H,4-5,8H2,1-3H3,(H,16,21). The number of carbonyl (C=O) groups is 1. The lowest BCUT2D eigenvalue weighted by Gasteiger charge is -2.25. The Morgan fingerprint density at radius 1 is 1.36 bits per heavy atom. The van der Waals surface area contributed by atoms with Crippen LogP contribution in [0, 0.1) is 6.92 Å². The fourth-order valence-electron chi connectivity index (χ4n) is 2.40. The number of anilines is 2. The zero-order valence-corrected chi connectivity index (χ0v) is 13.8. The van der Waals surface area contributed by atoms with Crippen LogP contribution < -0.4 is 10.2 Å². The van der Waals surface area contributed by atoms with Crippen molar-refractivity contribution in [3.8, 4) is 0 Å². The molecule has 0 bridgehead atoms. The Bertz CT molecular complexity index is 680. The first kappa shape index (κ1) is 14.9. The molecule has 2 aromatic rings. The molecule has 116 valence electrons. The van der Waals surface area contributed by atoms with Crippen LogP contribution in [0.3, 0.4) is 0 Å². The normalized spacial score (nSPS) is 14.1. The number of hydrogen-bond acceptors (Lipinski definition) is 6. The number of hydrogen-bond donors (Lipinski definition) is 1. The molecule has 1 aliphatic heterocycles. The van der Waals surface area contributed by atoms with Crippen LogP contribution in [0.2, 0.25) is 0 Å². The average molecular weight is 317 g/mol. The molecular formula is C15H19N5OS. The summed E-state index contributed by atoms with van der Waals surface area (Å²) in [6.07, 6.45) is 1.98. The first-order valence-corrected chi connectivity index (χ1v) is 8.24. The van der Waals surface area contributed by atoms with Crippen LogP contribution in [-0.2, 0) is 6.42 Å². The molecule has 22 heavy (non-hydrogen) atoms. The van der Waals surface area contributed by atoms with E-state index in [1.807, 2.05) is 37.8 Å². The molecule has 7 heteroatoms. The van der Waals surface area contributed by atoms with Crippen molar-refractivity contribution in [2.45, 2.75) is 39.7 Å². The van der Waals surface area contributed by atoms with Crippen molar-refractivity contribution in [2.24, 2.45) is 0 Å². The molecule has 1 N–H and O–H groups in total. The second kappa shape index (κ2) is 6.00. The number of amides is 1. The summed E-state index contributed by atoms with van der Waals surface area (Å²) in [6, 6.07) is 3.99. The Labute approximate surface area is 133 Å². The Hall–Kier alpha value is -2.02. The van der Waals surface area contributed by atoms with Gasteiger partial charge >= 0.3 is 0 Å². The van der Waals surface area contributed by atoms with Gasteiger partial charge in [-0.3, -0.25) is 4.79 Å². The third kappa shape index (κ3) is 2.94. The van der Waals surface area contributed by atoms with Gasteiger partial charge in [-0.1, -0.05) is 0 Å². The number of aromatic nitrogens is 3. The van der Waals surface area contributed by atoms with Gasteiger partial charge in [0.05, 0.1) is 5.69 Å². The van der Waals surface area contributed by atoms with Gasteiger partial charge in [-0.05, 0) is 45.7 Å². The highest BCUT2D eigenvalue weighted by Gasteiger charge is 2.26. The summed E-state index contributed by atoms with van der Waals surface area (Å²) in [5.41, 5.74) is 0.885. The molecule has 1 amide bonds. The second-order valence-electron chi connectivity index (χ2n) is 5.68. The molecule has 0 aromatic carbocycles. The van der Waals surface area contributed by atoms with Crippen molar-refractivity contribution in [1.29, 1.82) is 0 Å². The molecule has 0 fully saturated rings. The van der Waals surface area contributed by atoms with Gasteiger partial charge in [0.1, 0.15) is 5.82 Å². The Morgan fingerprint density at radius 2 is 2.18 bits per heavy atom. The third-order valence-corrected chi connectivity index (χ3v) is 4.50. The number of carbonyl (C=O) groups excluding carboxylic acids is 1. The summed E-state index contributed by atoms with van der Waals surface area (Å²) in [7, 11) is 0. The SMILES string of the molecule is Cc1ccc(N2CCCc3sc(C(=O)NC(C)C)nc32)nn1. The van der Waals surface area contributed by atoms with Crippen molar-refractivity contribution in [3.63, 3.8) is 0 Å². The molecule has 0 spiro atoms. The van der Waals surface area contributed by atoms with E-state index in [1.54, 1.807) is 0 Å². The summed E-state index contributed by atoms with van der Waals surface area (Å²) in [5.74, 6) is 1.53. The van der Waals surface area contributed by atoms with Crippen LogP contribution in [0.5, 0.6) is 0 Å². The van der Waals surface area contributed by atoms with E-state index in [9.17, 15) is 4.79 Å². The topological polar surface area (TPSA) is 71.0 Å². The second-order valence-corrected chi connectivity index (χ2v) is 6.77. The molecule has 0 unspecified atom stereocenters. The van der Waals surface area contributed by atoms with E-state index in [0.29, 0.717) is 5.01 Å². The monoisotopic (exact) mass is 317 g/mol. The molecule has 3 heterocycles. The summed E-state index contributed by atoms with van der Waals surface area (Å²) in [4.78, 5) is 19.9. The molecule has 0 atom stereocenters. The quantitative estimate of drug-likeness (QED) is 0.941. The van der Waals surface area contributed by atoms with Crippen LogP contribution in [0.15, 0.2) is 12.1 Å². The number of fused-ring (bicyclic) bond motifs is 1. The summed E-state index contributed by atoms with van der Waals surface area (Å²) in [5, 5.41) is 11.8.